The summed E-state index contributed by atoms with van der Waals surface area (Å²) in [6, 6.07) is 0. The highest BCUT2D eigenvalue weighted by molar-refractivity contribution is 5.85. The van der Waals surface area contributed by atoms with Gasteiger partial charge in [-0.15, -0.1) is 12.4 Å². The van der Waals surface area contributed by atoms with Crippen molar-refractivity contribution >= 4 is 12.4 Å². The molecule has 0 saturated carbocycles. The molecule has 2 saturated heterocycles. The van der Waals surface area contributed by atoms with Gasteiger partial charge < -0.3 is 10.6 Å². The SMILES string of the molecule is Cl.FC1(F)CCCNC12CCNC2. The van der Waals surface area contributed by atoms with Crippen LogP contribution in [-0.2, 0) is 0 Å². The Kier molecular flexibility index (Phi) is 3.15. The molecule has 0 radical (unpaired) electrons. The second kappa shape index (κ2) is 3.67. The lowest BCUT2D eigenvalue weighted by molar-refractivity contribution is -0.105. The standard InChI is InChI=1S/C8H14F2N2.ClH/c9-8(10)2-1-4-12-7(8)3-5-11-6-7;/h11-12H,1-6H2;1H. The van der Waals surface area contributed by atoms with Crippen molar-refractivity contribution in [2.24, 2.45) is 0 Å². The van der Waals surface area contributed by atoms with E-state index >= 15 is 0 Å². The van der Waals surface area contributed by atoms with Crippen molar-refractivity contribution < 1.29 is 8.78 Å². The van der Waals surface area contributed by atoms with Gasteiger partial charge in [0.2, 0.25) is 0 Å². The van der Waals surface area contributed by atoms with Gasteiger partial charge in [-0.25, -0.2) is 8.78 Å². The molecular weight excluding hydrogens is 198 g/mol. The van der Waals surface area contributed by atoms with E-state index in [1.807, 2.05) is 0 Å². The third-order valence-electron chi connectivity index (χ3n) is 2.99. The molecule has 2 aliphatic heterocycles. The van der Waals surface area contributed by atoms with Gasteiger partial charge in [0.1, 0.15) is 0 Å². The highest BCUT2D eigenvalue weighted by Crippen LogP contribution is 2.39. The summed E-state index contributed by atoms with van der Waals surface area (Å²) in [5.74, 6) is -2.52. The van der Waals surface area contributed by atoms with Gasteiger partial charge in [-0.05, 0) is 25.9 Å². The summed E-state index contributed by atoms with van der Waals surface area (Å²) < 4.78 is 26.9. The van der Waals surface area contributed by atoms with Gasteiger partial charge in [0.15, 0.2) is 0 Å². The van der Waals surface area contributed by atoms with Gasteiger partial charge in [-0.3, -0.25) is 0 Å². The molecule has 0 aromatic rings. The Morgan fingerprint density at radius 3 is 2.38 bits per heavy atom. The van der Waals surface area contributed by atoms with Crippen LogP contribution in [0.25, 0.3) is 0 Å². The Balaban J connectivity index is 0.000000845. The van der Waals surface area contributed by atoms with Crippen molar-refractivity contribution in [2.75, 3.05) is 19.6 Å². The Morgan fingerprint density at radius 1 is 1.08 bits per heavy atom. The molecule has 2 nitrogen and oxygen atoms in total. The van der Waals surface area contributed by atoms with E-state index in [1.165, 1.54) is 0 Å². The van der Waals surface area contributed by atoms with Crippen molar-refractivity contribution in [3.05, 3.63) is 0 Å². The van der Waals surface area contributed by atoms with Crippen LogP contribution in [-0.4, -0.2) is 31.1 Å². The molecule has 2 heterocycles. The fourth-order valence-electron chi connectivity index (χ4n) is 2.16. The van der Waals surface area contributed by atoms with E-state index in [4.69, 9.17) is 0 Å². The minimum absolute atomic E-state index is 0. The molecule has 0 amide bonds. The number of rotatable bonds is 0. The van der Waals surface area contributed by atoms with Crippen LogP contribution in [0.5, 0.6) is 0 Å². The monoisotopic (exact) mass is 212 g/mol. The third kappa shape index (κ3) is 1.67. The first-order chi connectivity index (χ1) is 5.66. The predicted octanol–water partition coefficient (Wildman–Crippen LogP) is 1.16. The molecule has 0 aromatic carbocycles. The Hall–Kier alpha value is 0.0700. The molecule has 2 N–H and O–H groups in total. The van der Waals surface area contributed by atoms with E-state index in [0.29, 0.717) is 25.9 Å². The van der Waals surface area contributed by atoms with E-state index in [9.17, 15) is 8.78 Å². The van der Waals surface area contributed by atoms with Crippen LogP contribution in [0.2, 0.25) is 0 Å². The minimum Gasteiger partial charge on any atom is -0.315 e. The molecule has 1 spiro atoms. The smallest absolute Gasteiger partial charge is 0.267 e. The van der Waals surface area contributed by atoms with Gasteiger partial charge in [0, 0.05) is 13.0 Å². The lowest BCUT2D eigenvalue weighted by Gasteiger charge is -2.41. The number of nitrogens with one attached hydrogen (secondary N) is 2. The number of alkyl halides is 2. The lowest BCUT2D eigenvalue weighted by Crippen LogP contribution is -2.63. The summed E-state index contributed by atoms with van der Waals surface area (Å²) in [5.41, 5.74) is -0.925. The minimum atomic E-state index is -2.52. The van der Waals surface area contributed by atoms with Gasteiger partial charge >= 0.3 is 0 Å². The summed E-state index contributed by atoms with van der Waals surface area (Å²) in [5, 5.41) is 5.97. The zero-order valence-corrected chi connectivity index (χ0v) is 8.22. The molecule has 2 rings (SSSR count). The molecule has 13 heavy (non-hydrogen) atoms. The predicted molar refractivity (Wildman–Crippen MR) is 49.6 cm³/mol. The topological polar surface area (TPSA) is 24.1 Å². The molecule has 0 aliphatic carbocycles. The fourth-order valence-corrected chi connectivity index (χ4v) is 2.16. The average molecular weight is 213 g/mol. The average Bonchev–Trinajstić information content (AvgIpc) is 2.46. The van der Waals surface area contributed by atoms with Crippen LogP contribution >= 0.6 is 12.4 Å². The number of piperidine rings is 1. The first-order valence-electron chi connectivity index (χ1n) is 4.50. The summed E-state index contributed by atoms with van der Waals surface area (Å²) >= 11 is 0. The van der Waals surface area contributed by atoms with Crippen molar-refractivity contribution in [1.29, 1.82) is 0 Å². The Labute approximate surface area is 82.9 Å². The van der Waals surface area contributed by atoms with E-state index in [1.54, 1.807) is 0 Å². The maximum Gasteiger partial charge on any atom is 0.267 e. The molecule has 2 fully saturated rings. The highest BCUT2D eigenvalue weighted by atomic mass is 35.5. The zero-order valence-electron chi connectivity index (χ0n) is 7.41. The number of hydrogen-bond acceptors (Lipinski definition) is 2. The van der Waals surface area contributed by atoms with Gasteiger partial charge in [-0.1, -0.05) is 0 Å². The molecular formula is C8H15ClF2N2. The van der Waals surface area contributed by atoms with Crippen LogP contribution in [0.1, 0.15) is 19.3 Å². The molecule has 0 bridgehead atoms. The Morgan fingerprint density at radius 2 is 1.85 bits per heavy atom. The maximum absolute atomic E-state index is 13.5. The normalized spacial score (nSPS) is 37.4. The molecule has 78 valence electrons. The number of halogens is 3. The van der Waals surface area contributed by atoms with E-state index in [0.717, 1.165) is 6.54 Å². The first kappa shape index (κ1) is 11.1. The molecule has 0 aromatic heterocycles. The molecule has 1 atom stereocenters. The van der Waals surface area contributed by atoms with E-state index in [-0.39, 0.29) is 18.8 Å². The van der Waals surface area contributed by atoms with Crippen LogP contribution in [0, 0.1) is 0 Å². The summed E-state index contributed by atoms with van der Waals surface area (Å²) in [6.45, 7) is 1.86. The lowest BCUT2D eigenvalue weighted by atomic mass is 9.84. The molecule has 2 aliphatic rings. The first-order valence-corrected chi connectivity index (χ1v) is 4.50. The van der Waals surface area contributed by atoms with Crippen LogP contribution < -0.4 is 10.6 Å². The summed E-state index contributed by atoms with van der Waals surface area (Å²) in [4.78, 5) is 0. The quantitative estimate of drug-likeness (QED) is 0.630. The third-order valence-corrected chi connectivity index (χ3v) is 2.99. The maximum atomic E-state index is 13.5. The van der Waals surface area contributed by atoms with Gasteiger partial charge in [-0.2, -0.15) is 0 Å². The summed E-state index contributed by atoms with van der Waals surface area (Å²) in [7, 11) is 0. The highest BCUT2D eigenvalue weighted by Gasteiger charge is 2.55. The van der Waals surface area contributed by atoms with Gasteiger partial charge in [0.25, 0.3) is 5.92 Å². The van der Waals surface area contributed by atoms with Crippen LogP contribution in [0.15, 0.2) is 0 Å². The largest absolute Gasteiger partial charge is 0.315 e. The second-order valence-electron chi connectivity index (χ2n) is 3.74. The number of hydrogen-bond donors (Lipinski definition) is 2. The summed E-state index contributed by atoms with van der Waals surface area (Å²) in [6.07, 6.45) is 1.19. The van der Waals surface area contributed by atoms with E-state index in [2.05, 4.69) is 10.6 Å². The van der Waals surface area contributed by atoms with Crippen LogP contribution in [0.4, 0.5) is 8.78 Å². The van der Waals surface area contributed by atoms with Gasteiger partial charge in [0.05, 0.1) is 5.54 Å². The fraction of sp³-hybridized carbons (Fsp3) is 1.00. The second-order valence-corrected chi connectivity index (χ2v) is 3.74. The molecule has 1 unspecified atom stereocenters. The van der Waals surface area contributed by atoms with Crippen molar-refractivity contribution in [2.45, 2.75) is 30.7 Å². The van der Waals surface area contributed by atoms with Crippen molar-refractivity contribution in [3.8, 4) is 0 Å². The van der Waals surface area contributed by atoms with Crippen molar-refractivity contribution in [3.63, 3.8) is 0 Å². The van der Waals surface area contributed by atoms with Crippen LogP contribution in [0.3, 0.4) is 0 Å². The zero-order chi connectivity index (χ0) is 8.66. The molecule has 5 heteroatoms. The van der Waals surface area contributed by atoms with E-state index < -0.39 is 11.5 Å². The van der Waals surface area contributed by atoms with Crippen molar-refractivity contribution in [1.82, 2.24) is 10.6 Å². The Bertz CT molecular complexity index is 181.